The second-order valence-electron chi connectivity index (χ2n) is 3.78. The highest BCUT2D eigenvalue weighted by Crippen LogP contribution is 2.20. The Kier molecular flexibility index (Phi) is 5.98. The Morgan fingerprint density at radius 1 is 1.25 bits per heavy atom. The molecule has 0 fully saturated rings. The van der Waals surface area contributed by atoms with Crippen LogP contribution in [0.5, 0.6) is 0 Å². The van der Waals surface area contributed by atoms with E-state index < -0.39 is 36.1 Å². The van der Waals surface area contributed by atoms with Crippen LogP contribution in [0.3, 0.4) is 0 Å². The van der Waals surface area contributed by atoms with Crippen molar-refractivity contribution in [3.8, 4) is 0 Å². The zero-order valence-corrected chi connectivity index (χ0v) is 11.0. The van der Waals surface area contributed by atoms with Crippen LogP contribution in [0.25, 0.3) is 0 Å². The predicted octanol–water partition coefficient (Wildman–Crippen LogP) is 0.962. The number of carbonyl (C=O) groups is 3. The average Bonchev–Trinajstić information content (AvgIpc) is 2.36. The van der Waals surface area contributed by atoms with Gasteiger partial charge in [-0.05, 0) is 12.1 Å². The molecule has 0 heterocycles. The Bertz CT molecular complexity index is 522. The van der Waals surface area contributed by atoms with Crippen LogP contribution in [0.2, 0.25) is 0 Å². The third-order valence-electron chi connectivity index (χ3n) is 2.21. The first kappa shape index (κ1) is 16.0. The largest absolute Gasteiger partial charge is 0.481 e. The molecule has 1 rings (SSSR count). The van der Waals surface area contributed by atoms with Crippen LogP contribution in [0.4, 0.5) is 4.39 Å². The summed E-state index contributed by atoms with van der Waals surface area (Å²) in [4.78, 5) is 33.0. The summed E-state index contributed by atoms with van der Waals surface area (Å²) in [5.74, 6) is -4.13. The first-order chi connectivity index (χ1) is 9.40. The third-order valence-corrected chi connectivity index (χ3v) is 3.26. The summed E-state index contributed by atoms with van der Waals surface area (Å²) in [6, 6.07) is 4.34. The van der Waals surface area contributed by atoms with E-state index >= 15 is 0 Å². The minimum absolute atomic E-state index is 0.204. The molecule has 0 bridgehead atoms. The number of nitrogens with one attached hydrogen (secondary N) is 1. The number of rotatable bonds is 7. The SMILES string of the molecule is O=C(O)C[C@@H](NC(=O)CSc1ccccc1F)C(=O)O. The van der Waals surface area contributed by atoms with Crippen LogP contribution >= 0.6 is 11.8 Å². The lowest BCUT2D eigenvalue weighted by atomic mass is 10.2. The maximum absolute atomic E-state index is 13.3. The highest BCUT2D eigenvalue weighted by Gasteiger charge is 2.22. The van der Waals surface area contributed by atoms with Gasteiger partial charge in [0.25, 0.3) is 0 Å². The number of carboxylic acid groups (broad SMARTS) is 2. The topological polar surface area (TPSA) is 104 Å². The van der Waals surface area contributed by atoms with Gasteiger partial charge in [0.05, 0.1) is 12.2 Å². The maximum atomic E-state index is 13.3. The molecule has 0 aliphatic rings. The first-order valence-corrected chi connectivity index (χ1v) is 6.50. The monoisotopic (exact) mass is 301 g/mol. The maximum Gasteiger partial charge on any atom is 0.326 e. The van der Waals surface area contributed by atoms with Crippen molar-refractivity contribution in [3.63, 3.8) is 0 Å². The highest BCUT2D eigenvalue weighted by molar-refractivity contribution is 8.00. The van der Waals surface area contributed by atoms with Crippen molar-refractivity contribution < 1.29 is 29.0 Å². The lowest BCUT2D eigenvalue weighted by molar-refractivity contribution is -0.147. The molecule has 108 valence electrons. The van der Waals surface area contributed by atoms with Crippen molar-refractivity contribution in [1.82, 2.24) is 5.32 Å². The molecule has 0 aliphatic heterocycles. The molecule has 0 saturated heterocycles. The van der Waals surface area contributed by atoms with Gasteiger partial charge in [-0.2, -0.15) is 0 Å². The van der Waals surface area contributed by atoms with Gasteiger partial charge in [-0.3, -0.25) is 9.59 Å². The molecule has 3 N–H and O–H groups in total. The standard InChI is InChI=1S/C12H12FNO5S/c13-7-3-1-2-4-9(7)20-6-10(15)14-8(12(18)19)5-11(16)17/h1-4,8H,5-6H2,(H,14,15)(H,16,17)(H,18,19)/t8-/m1/s1. The molecule has 0 radical (unpaired) electrons. The van der Waals surface area contributed by atoms with Crippen LogP contribution in [0.15, 0.2) is 29.2 Å². The molecule has 8 heteroatoms. The van der Waals surface area contributed by atoms with Crippen molar-refractivity contribution in [2.75, 3.05) is 5.75 Å². The molecular weight excluding hydrogens is 289 g/mol. The van der Waals surface area contributed by atoms with E-state index in [0.717, 1.165) is 11.8 Å². The minimum atomic E-state index is -1.50. The summed E-state index contributed by atoms with van der Waals surface area (Å²) in [5.41, 5.74) is 0. The summed E-state index contributed by atoms with van der Waals surface area (Å²) < 4.78 is 13.3. The van der Waals surface area contributed by atoms with E-state index in [2.05, 4.69) is 5.32 Å². The fraction of sp³-hybridized carbons (Fsp3) is 0.250. The van der Waals surface area contributed by atoms with Gasteiger partial charge in [0.2, 0.25) is 5.91 Å². The second-order valence-corrected chi connectivity index (χ2v) is 4.79. The number of hydrogen-bond acceptors (Lipinski definition) is 4. The van der Waals surface area contributed by atoms with Crippen LogP contribution in [-0.4, -0.2) is 39.9 Å². The lowest BCUT2D eigenvalue weighted by Gasteiger charge is -2.12. The van der Waals surface area contributed by atoms with Gasteiger partial charge >= 0.3 is 11.9 Å². The van der Waals surface area contributed by atoms with Gasteiger partial charge < -0.3 is 15.5 Å². The van der Waals surface area contributed by atoms with E-state index in [4.69, 9.17) is 10.2 Å². The van der Waals surface area contributed by atoms with Crippen molar-refractivity contribution >= 4 is 29.6 Å². The molecule has 1 aromatic carbocycles. The van der Waals surface area contributed by atoms with Gasteiger partial charge in [-0.1, -0.05) is 12.1 Å². The molecule has 1 amide bonds. The number of carbonyl (C=O) groups excluding carboxylic acids is 1. The molecule has 0 aliphatic carbocycles. The van der Waals surface area contributed by atoms with E-state index in [1.807, 2.05) is 0 Å². The van der Waals surface area contributed by atoms with Crippen molar-refractivity contribution in [3.05, 3.63) is 30.1 Å². The van der Waals surface area contributed by atoms with Gasteiger partial charge in [-0.15, -0.1) is 11.8 Å². The second kappa shape index (κ2) is 7.49. The average molecular weight is 301 g/mol. The summed E-state index contributed by atoms with van der Waals surface area (Å²) in [5, 5.41) is 19.4. The number of thioether (sulfide) groups is 1. The fourth-order valence-corrected chi connectivity index (χ4v) is 2.07. The molecule has 6 nitrogen and oxygen atoms in total. The number of carboxylic acids is 2. The normalized spacial score (nSPS) is 11.7. The van der Waals surface area contributed by atoms with E-state index in [9.17, 15) is 18.8 Å². The van der Waals surface area contributed by atoms with Crippen molar-refractivity contribution in [2.24, 2.45) is 0 Å². The summed E-state index contributed by atoms with van der Waals surface area (Å²) in [6.45, 7) is 0. The molecule has 0 unspecified atom stereocenters. The Morgan fingerprint density at radius 2 is 1.90 bits per heavy atom. The molecule has 1 aromatic rings. The number of aliphatic carboxylic acids is 2. The van der Waals surface area contributed by atoms with Crippen LogP contribution in [0.1, 0.15) is 6.42 Å². The van der Waals surface area contributed by atoms with E-state index in [0.29, 0.717) is 0 Å². The van der Waals surface area contributed by atoms with E-state index in [1.165, 1.54) is 18.2 Å². The van der Waals surface area contributed by atoms with Gasteiger partial charge in [0.1, 0.15) is 11.9 Å². The van der Waals surface area contributed by atoms with Crippen LogP contribution < -0.4 is 5.32 Å². The zero-order valence-electron chi connectivity index (χ0n) is 10.2. The van der Waals surface area contributed by atoms with E-state index in [-0.39, 0.29) is 10.6 Å². The highest BCUT2D eigenvalue weighted by atomic mass is 32.2. The number of hydrogen-bond donors (Lipinski definition) is 3. The molecule has 20 heavy (non-hydrogen) atoms. The Labute approximate surface area is 118 Å². The zero-order chi connectivity index (χ0) is 15.1. The molecule has 0 spiro atoms. The molecule has 0 aromatic heterocycles. The molecular formula is C12H12FNO5S. The first-order valence-electron chi connectivity index (χ1n) is 5.51. The number of benzene rings is 1. The Morgan fingerprint density at radius 3 is 2.45 bits per heavy atom. The van der Waals surface area contributed by atoms with Crippen LogP contribution in [0, 0.1) is 5.82 Å². The molecule has 1 atom stereocenters. The van der Waals surface area contributed by atoms with Gasteiger partial charge in [0.15, 0.2) is 0 Å². The predicted molar refractivity (Wildman–Crippen MR) is 68.9 cm³/mol. The quantitative estimate of drug-likeness (QED) is 0.648. The van der Waals surface area contributed by atoms with Crippen molar-refractivity contribution in [2.45, 2.75) is 17.4 Å². The van der Waals surface area contributed by atoms with Crippen LogP contribution in [-0.2, 0) is 14.4 Å². The third kappa shape index (κ3) is 5.27. The van der Waals surface area contributed by atoms with Crippen molar-refractivity contribution in [1.29, 1.82) is 0 Å². The number of halogens is 1. The minimum Gasteiger partial charge on any atom is -0.481 e. The fourth-order valence-electron chi connectivity index (χ4n) is 1.32. The lowest BCUT2D eigenvalue weighted by Crippen LogP contribution is -2.43. The van der Waals surface area contributed by atoms with Gasteiger partial charge in [0, 0.05) is 4.90 Å². The summed E-state index contributed by atoms with van der Waals surface area (Å²) in [6.07, 6.45) is -0.717. The Balaban J connectivity index is 2.52. The smallest absolute Gasteiger partial charge is 0.326 e. The molecule has 0 saturated carbocycles. The van der Waals surface area contributed by atoms with E-state index in [1.54, 1.807) is 6.07 Å². The number of amides is 1. The summed E-state index contributed by atoms with van der Waals surface area (Å²) >= 11 is 0.900. The summed E-state index contributed by atoms with van der Waals surface area (Å²) in [7, 11) is 0. The van der Waals surface area contributed by atoms with Gasteiger partial charge in [-0.25, -0.2) is 9.18 Å². The Hall–Kier alpha value is -2.09.